The van der Waals surface area contributed by atoms with Gasteiger partial charge in [-0.3, -0.25) is 0 Å². The van der Waals surface area contributed by atoms with Crippen molar-refractivity contribution >= 4 is 43.2 Å². The molecule has 1 aliphatic carbocycles. The van der Waals surface area contributed by atoms with Crippen molar-refractivity contribution in [3.05, 3.63) is 65.2 Å². The standard InChI is InChI=1S/C24H26ClNO2Se/c25-20-13-11-19(12-14-20)24(17-29-22-9-5-2-6-10-22)15-18(23(27)28-24)16-26-21-7-3-1-4-8-21/h2,5-6,9-14,16,18,21H,1,3-4,7-8,15,17H2. The minimum absolute atomic E-state index is 0.150. The zero-order chi connectivity index (χ0) is 20.1. The number of cyclic esters (lactones) is 1. The van der Waals surface area contributed by atoms with Crippen LogP contribution in [-0.4, -0.2) is 33.2 Å². The van der Waals surface area contributed by atoms with Crippen LogP contribution in [0.4, 0.5) is 0 Å². The first kappa shape index (κ1) is 20.7. The van der Waals surface area contributed by atoms with Crippen molar-refractivity contribution in [1.29, 1.82) is 0 Å². The molecule has 5 heteroatoms. The summed E-state index contributed by atoms with van der Waals surface area (Å²) in [7, 11) is 0. The van der Waals surface area contributed by atoms with Crippen LogP contribution < -0.4 is 4.46 Å². The predicted molar refractivity (Wildman–Crippen MR) is 119 cm³/mol. The van der Waals surface area contributed by atoms with Gasteiger partial charge < -0.3 is 0 Å². The molecule has 3 nitrogen and oxygen atoms in total. The Kier molecular flexibility index (Phi) is 6.74. The number of benzene rings is 2. The van der Waals surface area contributed by atoms with Gasteiger partial charge in [0.25, 0.3) is 0 Å². The number of rotatable bonds is 6. The van der Waals surface area contributed by atoms with Gasteiger partial charge in [0.05, 0.1) is 0 Å². The van der Waals surface area contributed by atoms with Gasteiger partial charge in [-0.05, 0) is 0 Å². The Morgan fingerprint density at radius 2 is 1.79 bits per heavy atom. The first-order valence-corrected chi connectivity index (χ1v) is 12.8. The molecule has 1 aliphatic heterocycles. The first-order valence-electron chi connectivity index (χ1n) is 10.3. The van der Waals surface area contributed by atoms with Crippen molar-refractivity contribution < 1.29 is 9.53 Å². The molecule has 0 N–H and O–H groups in total. The summed E-state index contributed by atoms with van der Waals surface area (Å²) in [5.41, 5.74) is 0.433. The molecule has 2 aliphatic rings. The summed E-state index contributed by atoms with van der Waals surface area (Å²) < 4.78 is 7.40. The Balaban J connectivity index is 1.54. The van der Waals surface area contributed by atoms with Crippen LogP contribution >= 0.6 is 11.6 Å². The number of hydrogen-bond acceptors (Lipinski definition) is 3. The average molecular weight is 475 g/mol. The van der Waals surface area contributed by atoms with E-state index in [1.165, 1.54) is 23.7 Å². The van der Waals surface area contributed by atoms with Gasteiger partial charge in [0, 0.05) is 0 Å². The van der Waals surface area contributed by atoms with Gasteiger partial charge in [-0.2, -0.15) is 0 Å². The van der Waals surface area contributed by atoms with Crippen molar-refractivity contribution in [2.45, 2.75) is 55.5 Å². The third-order valence-corrected chi connectivity index (χ3v) is 8.59. The van der Waals surface area contributed by atoms with Crippen molar-refractivity contribution in [3.63, 3.8) is 0 Å². The Hall–Kier alpha value is -1.61. The van der Waals surface area contributed by atoms with Crippen molar-refractivity contribution in [3.8, 4) is 0 Å². The van der Waals surface area contributed by atoms with Crippen molar-refractivity contribution in [2.75, 3.05) is 0 Å². The molecule has 152 valence electrons. The van der Waals surface area contributed by atoms with Crippen LogP contribution in [0.2, 0.25) is 10.3 Å². The normalized spacial score (nSPS) is 25.4. The van der Waals surface area contributed by atoms with E-state index in [0.29, 0.717) is 17.5 Å². The number of ether oxygens (including phenoxy) is 1. The summed E-state index contributed by atoms with van der Waals surface area (Å²) >= 11 is 6.31. The van der Waals surface area contributed by atoms with E-state index in [1.807, 2.05) is 36.5 Å². The number of carbonyl (C=O) groups excluding carboxylic acids is 1. The van der Waals surface area contributed by atoms with Gasteiger partial charge in [-0.15, -0.1) is 0 Å². The van der Waals surface area contributed by atoms with Crippen LogP contribution in [0.25, 0.3) is 0 Å². The third kappa shape index (κ3) is 5.12. The van der Waals surface area contributed by atoms with Gasteiger partial charge in [0.15, 0.2) is 0 Å². The molecule has 0 aromatic heterocycles. The summed E-state index contributed by atoms with van der Waals surface area (Å²) in [6.07, 6.45) is 8.59. The zero-order valence-corrected chi connectivity index (χ0v) is 18.9. The summed E-state index contributed by atoms with van der Waals surface area (Å²) in [5.74, 6) is -0.414. The van der Waals surface area contributed by atoms with Gasteiger partial charge in [0.1, 0.15) is 0 Å². The summed E-state index contributed by atoms with van der Waals surface area (Å²) in [6.45, 7) is 0. The molecule has 0 radical (unpaired) electrons. The van der Waals surface area contributed by atoms with E-state index < -0.39 is 5.60 Å². The second-order valence-electron chi connectivity index (χ2n) is 7.92. The van der Waals surface area contributed by atoms with Crippen LogP contribution in [0.15, 0.2) is 59.6 Å². The Bertz CT molecular complexity index is 849. The molecule has 2 fully saturated rings. The zero-order valence-electron chi connectivity index (χ0n) is 16.4. The topological polar surface area (TPSA) is 38.7 Å². The molecule has 1 heterocycles. The van der Waals surface area contributed by atoms with E-state index in [4.69, 9.17) is 21.3 Å². The molecule has 2 aromatic rings. The monoisotopic (exact) mass is 475 g/mol. The van der Waals surface area contributed by atoms with E-state index in [9.17, 15) is 4.79 Å². The maximum atomic E-state index is 12.8. The Morgan fingerprint density at radius 3 is 2.52 bits per heavy atom. The molecule has 2 unspecified atom stereocenters. The fourth-order valence-electron chi connectivity index (χ4n) is 4.14. The molecule has 0 spiro atoms. The summed E-state index contributed by atoms with van der Waals surface area (Å²) in [5, 5.41) is 1.50. The maximum absolute atomic E-state index is 12.8. The van der Waals surface area contributed by atoms with Crippen LogP contribution in [0.3, 0.4) is 0 Å². The molecule has 2 atom stereocenters. The van der Waals surface area contributed by atoms with Crippen LogP contribution in [-0.2, 0) is 15.1 Å². The molecular weight excluding hydrogens is 449 g/mol. The Morgan fingerprint density at radius 1 is 1.07 bits per heavy atom. The van der Waals surface area contributed by atoms with Crippen molar-refractivity contribution in [2.24, 2.45) is 10.9 Å². The van der Waals surface area contributed by atoms with Crippen molar-refractivity contribution in [1.82, 2.24) is 0 Å². The molecule has 0 bridgehead atoms. The molecule has 0 amide bonds. The molecule has 1 saturated carbocycles. The quantitative estimate of drug-likeness (QED) is 0.337. The van der Waals surface area contributed by atoms with E-state index >= 15 is 0 Å². The van der Waals surface area contributed by atoms with E-state index in [-0.39, 0.29) is 26.8 Å². The SMILES string of the molecule is O=C1OC(C[Se]c2ccccc2)(c2ccc(Cl)cc2)CC1C=NC1CCCCC1. The average Bonchev–Trinajstić information content (AvgIpc) is 3.09. The van der Waals surface area contributed by atoms with Gasteiger partial charge in [0.2, 0.25) is 0 Å². The summed E-state index contributed by atoms with van der Waals surface area (Å²) in [6, 6.07) is 18.6. The van der Waals surface area contributed by atoms with Gasteiger partial charge >= 0.3 is 184 Å². The van der Waals surface area contributed by atoms with Gasteiger partial charge in [-0.25, -0.2) is 0 Å². The van der Waals surface area contributed by atoms with E-state index in [2.05, 4.69) is 24.3 Å². The predicted octanol–water partition coefficient (Wildman–Crippen LogP) is 4.95. The molecule has 29 heavy (non-hydrogen) atoms. The number of esters is 1. The molecule has 1 saturated heterocycles. The number of nitrogens with zero attached hydrogens (tertiary/aromatic N) is 1. The summed E-state index contributed by atoms with van der Waals surface area (Å²) in [4.78, 5) is 17.5. The van der Waals surface area contributed by atoms with Crippen LogP contribution in [0.5, 0.6) is 0 Å². The fourth-order valence-corrected chi connectivity index (χ4v) is 6.56. The third-order valence-electron chi connectivity index (χ3n) is 5.79. The molecule has 4 rings (SSSR count). The van der Waals surface area contributed by atoms with Crippen LogP contribution in [0.1, 0.15) is 44.1 Å². The number of aliphatic imine (C=N–C) groups is 1. The molecule has 2 aromatic carbocycles. The molecular formula is C24H26ClNO2Se. The number of carbonyl (C=O) groups is 1. The second-order valence-corrected chi connectivity index (χ2v) is 10.6. The van der Waals surface area contributed by atoms with Crippen LogP contribution in [0, 0.1) is 5.92 Å². The number of halogens is 1. The Labute approximate surface area is 184 Å². The fraction of sp³-hybridized carbons (Fsp3) is 0.417. The first-order chi connectivity index (χ1) is 14.1. The second kappa shape index (κ2) is 9.47. The van der Waals surface area contributed by atoms with Gasteiger partial charge in [-0.1, -0.05) is 0 Å². The van der Waals surface area contributed by atoms with E-state index in [0.717, 1.165) is 23.7 Å². The minimum atomic E-state index is -0.596. The number of hydrogen-bond donors (Lipinski definition) is 0. The van der Waals surface area contributed by atoms with E-state index in [1.54, 1.807) is 0 Å².